The summed E-state index contributed by atoms with van der Waals surface area (Å²) in [4.78, 5) is 33.2. The maximum Gasteiger partial charge on any atom is 0.377 e. The van der Waals surface area contributed by atoms with E-state index in [0.29, 0.717) is 24.5 Å². The van der Waals surface area contributed by atoms with Crippen LogP contribution in [0.25, 0.3) is 0 Å². The lowest BCUT2D eigenvalue weighted by Gasteiger charge is -2.19. The van der Waals surface area contributed by atoms with Gasteiger partial charge in [0, 0.05) is 19.8 Å². The monoisotopic (exact) mass is 409 g/mol. The first-order valence-corrected chi connectivity index (χ1v) is 9.23. The molecule has 0 saturated heterocycles. The van der Waals surface area contributed by atoms with Gasteiger partial charge in [0.05, 0.1) is 6.42 Å². The fraction of sp³-hybridized carbons (Fsp3) is 0.250. The molecule has 3 aromatic rings. The summed E-state index contributed by atoms with van der Waals surface area (Å²) in [6, 6.07) is 10.6. The van der Waals surface area contributed by atoms with Crippen LogP contribution in [0.4, 0.5) is 5.82 Å². The highest BCUT2D eigenvalue weighted by Crippen LogP contribution is 2.27. The fourth-order valence-corrected chi connectivity index (χ4v) is 3.15. The molecule has 3 heterocycles. The fourth-order valence-electron chi connectivity index (χ4n) is 3.15. The molecule has 10 nitrogen and oxygen atoms in total. The van der Waals surface area contributed by atoms with E-state index in [9.17, 15) is 9.59 Å². The number of hydrogen-bond acceptors (Lipinski definition) is 8. The van der Waals surface area contributed by atoms with E-state index in [0.717, 1.165) is 11.1 Å². The number of aromatic nitrogens is 3. The number of nitrogens with zero attached hydrogens (tertiary/aromatic N) is 4. The number of fused-ring (bicyclic) bond motifs is 1. The molecule has 30 heavy (non-hydrogen) atoms. The first-order valence-electron chi connectivity index (χ1n) is 9.23. The lowest BCUT2D eigenvalue weighted by molar-refractivity contribution is -0.120. The average Bonchev–Trinajstić information content (AvgIpc) is 3.18. The van der Waals surface area contributed by atoms with Gasteiger partial charge in [-0.15, -0.1) is 0 Å². The molecular formula is C20H19N5O5. The van der Waals surface area contributed by atoms with Crippen LogP contribution in [0.15, 0.2) is 47.1 Å². The van der Waals surface area contributed by atoms with Crippen molar-refractivity contribution in [1.82, 2.24) is 20.4 Å². The number of pyridine rings is 1. The van der Waals surface area contributed by atoms with Gasteiger partial charge in [-0.1, -0.05) is 24.3 Å². The Labute approximate surface area is 171 Å². The van der Waals surface area contributed by atoms with E-state index < -0.39 is 12.0 Å². The molecule has 0 unspecified atom stereocenters. The number of ether oxygens (including phenoxy) is 1. The first kappa shape index (κ1) is 19.5. The van der Waals surface area contributed by atoms with Crippen LogP contribution in [0.3, 0.4) is 0 Å². The molecule has 0 fully saturated rings. The van der Waals surface area contributed by atoms with E-state index >= 15 is 0 Å². The molecule has 10 heteroatoms. The number of nitrogens with one attached hydrogen (secondary N) is 1. The van der Waals surface area contributed by atoms with Crippen LogP contribution in [0, 0.1) is 0 Å². The molecule has 1 atom stereocenters. The number of aromatic carboxylic acids is 1. The molecule has 4 rings (SSSR count). The number of anilines is 1. The number of carboxylic acids is 1. The summed E-state index contributed by atoms with van der Waals surface area (Å²) in [5, 5.41) is 15.5. The van der Waals surface area contributed by atoms with E-state index in [1.165, 1.54) is 4.90 Å². The van der Waals surface area contributed by atoms with Gasteiger partial charge in [0.1, 0.15) is 12.6 Å². The third kappa shape index (κ3) is 4.13. The lowest BCUT2D eigenvalue weighted by Crippen LogP contribution is -2.46. The van der Waals surface area contributed by atoms with Crippen molar-refractivity contribution in [3.05, 3.63) is 65.4 Å². The summed E-state index contributed by atoms with van der Waals surface area (Å²) in [5.41, 5.74) is 1.83. The van der Waals surface area contributed by atoms with Crippen molar-refractivity contribution in [2.45, 2.75) is 19.0 Å². The summed E-state index contributed by atoms with van der Waals surface area (Å²) in [6.07, 6.45) is 1.93. The predicted molar refractivity (Wildman–Crippen MR) is 104 cm³/mol. The Morgan fingerprint density at radius 3 is 2.93 bits per heavy atom. The van der Waals surface area contributed by atoms with Crippen molar-refractivity contribution in [1.29, 1.82) is 0 Å². The molecule has 1 aromatic carbocycles. The molecule has 0 bridgehead atoms. The molecule has 0 saturated carbocycles. The summed E-state index contributed by atoms with van der Waals surface area (Å²) >= 11 is 0. The van der Waals surface area contributed by atoms with Crippen LogP contribution in [-0.4, -0.2) is 51.8 Å². The Morgan fingerprint density at radius 2 is 2.13 bits per heavy atom. The number of likely N-dealkylation sites (N-methyl/N-ethyl adjacent to an activating group) is 1. The van der Waals surface area contributed by atoms with Crippen LogP contribution >= 0.6 is 0 Å². The number of rotatable bonds is 6. The maximum absolute atomic E-state index is 12.8. The smallest absolute Gasteiger partial charge is 0.377 e. The van der Waals surface area contributed by atoms with Gasteiger partial charge in [0.15, 0.2) is 11.6 Å². The van der Waals surface area contributed by atoms with Crippen molar-refractivity contribution in [2.75, 3.05) is 18.6 Å². The van der Waals surface area contributed by atoms with Crippen LogP contribution in [0.1, 0.15) is 27.6 Å². The minimum absolute atomic E-state index is 0.129. The van der Waals surface area contributed by atoms with Gasteiger partial charge in [-0.25, -0.2) is 9.78 Å². The normalized spacial score (nSPS) is 16.0. The molecular weight excluding hydrogens is 390 g/mol. The van der Waals surface area contributed by atoms with Crippen molar-refractivity contribution < 1.29 is 24.0 Å². The molecule has 1 aliphatic heterocycles. The SMILES string of the molecule is CN1C(=O)[C@@H](NCc2cccc(Cc3nc(C(=O)O)no3)c2)COc2cccnc21. The minimum atomic E-state index is -1.24. The van der Waals surface area contributed by atoms with Gasteiger partial charge >= 0.3 is 5.97 Å². The van der Waals surface area contributed by atoms with Crippen molar-refractivity contribution in [3.63, 3.8) is 0 Å². The third-order valence-electron chi connectivity index (χ3n) is 4.66. The average molecular weight is 409 g/mol. The quantitative estimate of drug-likeness (QED) is 0.618. The number of carbonyl (C=O) groups is 2. The Kier molecular flexibility index (Phi) is 5.40. The summed E-state index contributed by atoms with van der Waals surface area (Å²) in [7, 11) is 1.67. The van der Waals surface area contributed by atoms with E-state index in [1.54, 1.807) is 25.4 Å². The summed E-state index contributed by atoms with van der Waals surface area (Å²) in [5.74, 6) is -0.448. The maximum atomic E-state index is 12.8. The van der Waals surface area contributed by atoms with Crippen molar-refractivity contribution in [2.24, 2.45) is 0 Å². The zero-order valence-corrected chi connectivity index (χ0v) is 16.1. The molecule has 154 valence electrons. The van der Waals surface area contributed by atoms with Gasteiger partial charge in [0.25, 0.3) is 5.82 Å². The number of benzene rings is 1. The van der Waals surface area contributed by atoms with Gasteiger partial charge in [0.2, 0.25) is 11.8 Å². The minimum Gasteiger partial charge on any atom is -0.488 e. The number of carboxylic acid groups (broad SMARTS) is 1. The highest BCUT2D eigenvalue weighted by molar-refractivity contribution is 5.97. The highest BCUT2D eigenvalue weighted by Gasteiger charge is 2.29. The Morgan fingerprint density at radius 1 is 1.30 bits per heavy atom. The second kappa shape index (κ2) is 8.29. The molecule has 1 amide bonds. The number of hydrogen-bond donors (Lipinski definition) is 2. The Balaban J connectivity index is 1.41. The zero-order valence-electron chi connectivity index (χ0n) is 16.1. The number of carbonyl (C=O) groups excluding carboxylic acids is 1. The lowest BCUT2D eigenvalue weighted by atomic mass is 10.1. The molecule has 0 spiro atoms. The molecule has 1 aliphatic rings. The van der Waals surface area contributed by atoms with Crippen LogP contribution in [-0.2, 0) is 17.8 Å². The second-order valence-corrected chi connectivity index (χ2v) is 6.78. The van der Waals surface area contributed by atoms with E-state index in [4.69, 9.17) is 14.4 Å². The standard InChI is InChI=1S/C20H19N5O5/c1-25-18-15(6-3-7-21-18)29-11-14(19(25)26)22-10-13-5-2-4-12(8-13)9-16-23-17(20(27)28)24-30-16/h2-8,14,22H,9-11H2,1H3,(H,27,28)/t14-/m0/s1. The van der Waals surface area contributed by atoms with Gasteiger partial charge < -0.3 is 14.4 Å². The second-order valence-electron chi connectivity index (χ2n) is 6.78. The zero-order chi connectivity index (χ0) is 21.1. The topological polar surface area (TPSA) is 131 Å². The Hall–Kier alpha value is -3.79. The van der Waals surface area contributed by atoms with E-state index in [2.05, 4.69) is 20.4 Å². The largest absolute Gasteiger partial charge is 0.488 e. The molecule has 2 N–H and O–H groups in total. The summed E-state index contributed by atoms with van der Waals surface area (Å²) < 4.78 is 10.7. The van der Waals surface area contributed by atoms with Gasteiger partial charge in [-0.05, 0) is 28.4 Å². The number of amides is 1. The van der Waals surface area contributed by atoms with Crippen molar-refractivity contribution in [3.8, 4) is 5.75 Å². The van der Waals surface area contributed by atoms with Crippen LogP contribution in [0.5, 0.6) is 5.75 Å². The van der Waals surface area contributed by atoms with Crippen molar-refractivity contribution >= 4 is 17.7 Å². The van der Waals surface area contributed by atoms with Crippen LogP contribution < -0.4 is 15.0 Å². The van der Waals surface area contributed by atoms with E-state index in [-0.39, 0.29) is 24.2 Å². The summed E-state index contributed by atoms with van der Waals surface area (Å²) in [6.45, 7) is 0.636. The third-order valence-corrected chi connectivity index (χ3v) is 4.66. The van der Waals surface area contributed by atoms with E-state index in [1.807, 2.05) is 24.3 Å². The first-order chi connectivity index (χ1) is 14.5. The van der Waals surface area contributed by atoms with Gasteiger partial charge in [-0.2, -0.15) is 4.98 Å². The molecule has 0 aliphatic carbocycles. The molecule has 2 aromatic heterocycles. The Bertz CT molecular complexity index is 1080. The molecule has 0 radical (unpaired) electrons. The predicted octanol–water partition coefficient (Wildman–Crippen LogP) is 1.27. The van der Waals surface area contributed by atoms with Gasteiger partial charge in [-0.3, -0.25) is 15.0 Å². The highest BCUT2D eigenvalue weighted by atomic mass is 16.5. The van der Waals surface area contributed by atoms with Crippen LogP contribution in [0.2, 0.25) is 0 Å².